The molecule has 1 saturated heterocycles. The number of halogens is 1. The van der Waals surface area contributed by atoms with E-state index < -0.39 is 0 Å². The number of aryl methyl sites for hydroxylation is 1. The summed E-state index contributed by atoms with van der Waals surface area (Å²) in [4.78, 5) is 11.6. The smallest absolute Gasteiger partial charge is 0.224 e. The van der Waals surface area contributed by atoms with Crippen molar-refractivity contribution >= 4 is 11.6 Å². The molecule has 0 spiro atoms. The van der Waals surface area contributed by atoms with Gasteiger partial charge in [-0.15, -0.1) is 0 Å². The summed E-state index contributed by atoms with van der Waals surface area (Å²) in [5.41, 5.74) is 5.04. The number of carbonyl (C=O) groups excluding carboxylic acids is 1. The number of carbonyl (C=O) groups is 1. The van der Waals surface area contributed by atoms with Crippen LogP contribution in [0.5, 0.6) is 5.75 Å². The predicted molar refractivity (Wildman–Crippen MR) is 117 cm³/mol. The Hall–Kier alpha value is -1.60. The van der Waals surface area contributed by atoms with Crippen molar-refractivity contribution in [3.63, 3.8) is 0 Å². The molecule has 0 aliphatic carbocycles. The van der Waals surface area contributed by atoms with Crippen LogP contribution in [0.4, 0.5) is 5.69 Å². The van der Waals surface area contributed by atoms with Gasteiger partial charge in [-0.1, -0.05) is 30.3 Å². The molecule has 0 radical (unpaired) electrons. The number of benzene rings is 2. The van der Waals surface area contributed by atoms with E-state index in [1.807, 2.05) is 18.2 Å². The van der Waals surface area contributed by atoms with Gasteiger partial charge in [0, 0.05) is 36.9 Å². The lowest BCUT2D eigenvalue weighted by molar-refractivity contribution is -0.914. The maximum Gasteiger partial charge on any atom is 0.224 e. The third kappa shape index (κ3) is 5.35. The van der Waals surface area contributed by atoms with Gasteiger partial charge in [0.2, 0.25) is 5.91 Å². The van der Waals surface area contributed by atoms with E-state index in [1.54, 1.807) is 5.56 Å². The standard InChI is InChI=1S/C25H32N2O2.HI/c1-19-7-3-4-8-21(19)20-13-16-27(2,17-14-20)15-6-18-29-24-10-5-9-23-22(24)11-12-25(28)26-23;/h3-5,7-10,20H,6,11-18H2,1-2H3;1H. The molecule has 5 heteroatoms. The van der Waals surface area contributed by atoms with Gasteiger partial charge < -0.3 is 38.5 Å². The van der Waals surface area contributed by atoms with Crippen molar-refractivity contribution in [2.45, 2.75) is 44.9 Å². The van der Waals surface area contributed by atoms with Gasteiger partial charge in [-0.05, 0) is 42.5 Å². The largest absolute Gasteiger partial charge is 1.00 e. The van der Waals surface area contributed by atoms with Crippen molar-refractivity contribution in [2.75, 3.05) is 38.6 Å². The van der Waals surface area contributed by atoms with Gasteiger partial charge in [-0.2, -0.15) is 0 Å². The van der Waals surface area contributed by atoms with E-state index in [0.29, 0.717) is 12.3 Å². The lowest BCUT2D eigenvalue weighted by atomic mass is 9.86. The molecule has 1 fully saturated rings. The zero-order valence-electron chi connectivity index (χ0n) is 18.1. The Morgan fingerprint density at radius 2 is 1.83 bits per heavy atom. The predicted octanol–water partition coefficient (Wildman–Crippen LogP) is 1.68. The van der Waals surface area contributed by atoms with Crippen LogP contribution in [0.2, 0.25) is 0 Å². The summed E-state index contributed by atoms with van der Waals surface area (Å²) in [5, 5.41) is 2.95. The molecule has 30 heavy (non-hydrogen) atoms. The van der Waals surface area contributed by atoms with Crippen LogP contribution in [-0.2, 0) is 11.2 Å². The summed E-state index contributed by atoms with van der Waals surface area (Å²) in [6, 6.07) is 14.8. The first-order valence-corrected chi connectivity index (χ1v) is 11.0. The summed E-state index contributed by atoms with van der Waals surface area (Å²) >= 11 is 0. The fraction of sp³-hybridized carbons (Fsp3) is 0.480. The van der Waals surface area contributed by atoms with Gasteiger partial charge in [0.1, 0.15) is 5.75 Å². The van der Waals surface area contributed by atoms with Crippen LogP contribution in [0, 0.1) is 6.92 Å². The van der Waals surface area contributed by atoms with Gasteiger partial charge >= 0.3 is 0 Å². The van der Waals surface area contributed by atoms with Crippen LogP contribution >= 0.6 is 0 Å². The molecule has 2 aliphatic rings. The van der Waals surface area contributed by atoms with Crippen LogP contribution in [0.25, 0.3) is 0 Å². The summed E-state index contributed by atoms with van der Waals surface area (Å²) in [6.07, 6.45) is 4.92. The molecule has 0 atom stereocenters. The van der Waals surface area contributed by atoms with Crippen molar-refractivity contribution in [3.05, 3.63) is 59.2 Å². The maximum absolute atomic E-state index is 11.6. The number of hydrogen-bond acceptors (Lipinski definition) is 2. The number of anilines is 1. The quantitative estimate of drug-likeness (QED) is 0.358. The number of piperidine rings is 1. The third-order valence-corrected chi connectivity index (χ3v) is 6.77. The van der Waals surface area contributed by atoms with Gasteiger partial charge in [0.25, 0.3) is 0 Å². The minimum absolute atomic E-state index is 0. The Morgan fingerprint density at radius 3 is 2.60 bits per heavy atom. The summed E-state index contributed by atoms with van der Waals surface area (Å²) in [7, 11) is 2.40. The molecule has 2 aromatic carbocycles. The molecule has 162 valence electrons. The summed E-state index contributed by atoms with van der Waals surface area (Å²) in [5.74, 6) is 1.74. The number of hydrogen-bond donors (Lipinski definition) is 1. The van der Waals surface area contributed by atoms with Crippen molar-refractivity contribution < 1.29 is 38.0 Å². The molecule has 1 N–H and O–H groups in total. The van der Waals surface area contributed by atoms with Crippen molar-refractivity contribution in [2.24, 2.45) is 0 Å². The molecule has 0 bridgehead atoms. The molecule has 1 amide bonds. The van der Waals surface area contributed by atoms with E-state index in [-0.39, 0.29) is 29.9 Å². The molecule has 2 aromatic rings. The van der Waals surface area contributed by atoms with Crippen molar-refractivity contribution in [1.29, 1.82) is 0 Å². The number of quaternary nitrogens is 1. The Morgan fingerprint density at radius 1 is 1.07 bits per heavy atom. The highest BCUT2D eigenvalue weighted by Gasteiger charge is 2.30. The molecule has 0 saturated carbocycles. The molecule has 4 nitrogen and oxygen atoms in total. The van der Waals surface area contributed by atoms with Gasteiger partial charge in [-0.3, -0.25) is 4.79 Å². The first kappa shape index (κ1) is 23.1. The Balaban J connectivity index is 0.00000256. The summed E-state index contributed by atoms with van der Waals surface area (Å²) in [6.45, 7) is 6.62. The van der Waals surface area contributed by atoms with E-state index in [1.165, 1.54) is 31.5 Å². The molecule has 4 rings (SSSR count). The van der Waals surface area contributed by atoms with Crippen LogP contribution in [0.1, 0.15) is 48.3 Å². The second-order valence-corrected chi connectivity index (χ2v) is 8.95. The molecule has 0 aromatic heterocycles. The fourth-order valence-electron chi connectivity index (χ4n) is 4.93. The van der Waals surface area contributed by atoms with E-state index in [4.69, 9.17) is 4.74 Å². The van der Waals surface area contributed by atoms with E-state index in [9.17, 15) is 4.79 Å². The zero-order chi connectivity index (χ0) is 20.3. The fourth-order valence-corrected chi connectivity index (χ4v) is 4.93. The highest BCUT2D eigenvalue weighted by atomic mass is 127. The second kappa shape index (κ2) is 10.1. The van der Waals surface area contributed by atoms with Gasteiger partial charge in [0.15, 0.2) is 0 Å². The Bertz CT molecular complexity index is 875. The molecule has 0 unspecified atom stereocenters. The number of fused-ring (bicyclic) bond motifs is 1. The number of ether oxygens (including phenoxy) is 1. The number of rotatable bonds is 6. The molecular formula is C25H33IN2O2. The third-order valence-electron chi connectivity index (χ3n) is 6.77. The average Bonchev–Trinajstić information content (AvgIpc) is 2.72. The molecule has 2 heterocycles. The van der Waals surface area contributed by atoms with Crippen LogP contribution < -0.4 is 34.0 Å². The number of nitrogens with zero attached hydrogens (tertiary/aromatic N) is 1. The maximum atomic E-state index is 11.6. The SMILES string of the molecule is Cc1ccccc1C1CC[N+](C)(CCCOc2cccc3c2CCC(=O)N3)CC1.[I-]. The normalized spacial score (nSPS) is 23.1. The van der Waals surface area contributed by atoms with Crippen molar-refractivity contribution in [1.82, 2.24) is 0 Å². The van der Waals surface area contributed by atoms with Crippen molar-refractivity contribution in [3.8, 4) is 5.75 Å². The Labute approximate surface area is 197 Å². The molecule has 2 aliphatic heterocycles. The first-order chi connectivity index (χ1) is 14.0. The van der Waals surface area contributed by atoms with E-state index in [0.717, 1.165) is 47.5 Å². The lowest BCUT2D eigenvalue weighted by Crippen LogP contribution is -3.00. The highest BCUT2D eigenvalue weighted by Crippen LogP contribution is 2.33. The Kier molecular flexibility index (Phi) is 7.80. The van der Waals surface area contributed by atoms with E-state index >= 15 is 0 Å². The number of amides is 1. The highest BCUT2D eigenvalue weighted by molar-refractivity contribution is 5.94. The van der Waals surface area contributed by atoms with Gasteiger partial charge in [-0.25, -0.2) is 0 Å². The van der Waals surface area contributed by atoms with Crippen LogP contribution in [0.3, 0.4) is 0 Å². The monoisotopic (exact) mass is 520 g/mol. The van der Waals surface area contributed by atoms with E-state index in [2.05, 4.69) is 43.6 Å². The zero-order valence-corrected chi connectivity index (χ0v) is 20.3. The number of likely N-dealkylation sites (tertiary alicyclic amines) is 1. The molecular weight excluding hydrogens is 487 g/mol. The van der Waals surface area contributed by atoms with Gasteiger partial charge in [0.05, 0.1) is 33.3 Å². The number of nitrogens with one attached hydrogen (secondary N) is 1. The minimum Gasteiger partial charge on any atom is -1.00 e. The van der Waals surface area contributed by atoms with Crippen LogP contribution in [0.15, 0.2) is 42.5 Å². The second-order valence-electron chi connectivity index (χ2n) is 8.95. The van der Waals surface area contributed by atoms with Crippen LogP contribution in [-0.4, -0.2) is 43.7 Å². The summed E-state index contributed by atoms with van der Waals surface area (Å²) < 4.78 is 7.27. The first-order valence-electron chi connectivity index (χ1n) is 11.0. The topological polar surface area (TPSA) is 38.3 Å². The minimum atomic E-state index is 0. The average molecular weight is 520 g/mol. The lowest BCUT2D eigenvalue weighted by Gasteiger charge is -2.41.